The molecule has 3 N–H and O–H groups in total. The van der Waals surface area contributed by atoms with Gasteiger partial charge in [-0.1, -0.05) is 18.9 Å². The summed E-state index contributed by atoms with van der Waals surface area (Å²) in [6, 6.07) is 5.57. The Kier molecular flexibility index (Phi) is 5.91. The van der Waals surface area contributed by atoms with Crippen molar-refractivity contribution >= 4 is 23.6 Å². The van der Waals surface area contributed by atoms with E-state index < -0.39 is 17.3 Å². The number of urea groups is 1. The van der Waals surface area contributed by atoms with E-state index in [4.69, 9.17) is 5.11 Å². The van der Waals surface area contributed by atoms with Crippen LogP contribution in [0.1, 0.15) is 43.2 Å². The molecule has 0 bridgehead atoms. The molecule has 0 aromatic heterocycles. The molecule has 2 fully saturated rings. The van der Waals surface area contributed by atoms with Crippen LogP contribution in [0.15, 0.2) is 18.2 Å². The second-order valence-corrected chi connectivity index (χ2v) is 8.17. The Morgan fingerprint density at radius 2 is 1.89 bits per heavy atom. The fourth-order valence-electron chi connectivity index (χ4n) is 4.12. The van der Waals surface area contributed by atoms with Crippen molar-refractivity contribution in [2.75, 3.05) is 25.0 Å². The van der Waals surface area contributed by atoms with E-state index >= 15 is 0 Å². The summed E-state index contributed by atoms with van der Waals surface area (Å²) >= 11 is 0. The van der Waals surface area contributed by atoms with Crippen molar-refractivity contribution in [1.29, 1.82) is 0 Å². The van der Waals surface area contributed by atoms with Gasteiger partial charge in [0.15, 0.2) is 0 Å². The lowest BCUT2D eigenvalue weighted by molar-refractivity contribution is -0.141. The Morgan fingerprint density at radius 1 is 1.18 bits per heavy atom. The Labute approximate surface area is 165 Å². The van der Waals surface area contributed by atoms with Crippen LogP contribution in [-0.4, -0.2) is 47.5 Å². The number of carboxylic acid groups (broad SMARTS) is 1. The maximum atomic E-state index is 13.1. The molecule has 0 spiro atoms. The molecule has 152 valence electrons. The molecule has 1 saturated carbocycles. The zero-order chi connectivity index (χ0) is 20.3. The molecule has 1 heterocycles. The number of aryl methyl sites for hydroxylation is 2. The number of hydrogen-bond acceptors (Lipinski definition) is 3. The van der Waals surface area contributed by atoms with Crippen molar-refractivity contribution in [2.45, 2.75) is 46.0 Å². The molecule has 1 aromatic carbocycles. The lowest BCUT2D eigenvalue weighted by atomic mass is 9.85. The number of amides is 3. The van der Waals surface area contributed by atoms with Gasteiger partial charge in [0.2, 0.25) is 5.91 Å². The molecule has 2 aliphatic rings. The minimum Gasteiger partial charge on any atom is -0.481 e. The first-order chi connectivity index (χ1) is 13.3. The monoisotopic (exact) mass is 387 g/mol. The van der Waals surface area contributed by atoms with Gasteiger partial charge < -0.3 is 20.6 Å². The Balaban J connectivity index is 1.62. The van der Waals surface area contributed by atoms with Crippen LogP contribution in [0.5, 0.6) is 0 Å². The van der Waals surface area contributed by atoms with Crippen molar-refractivity contribution in [3.63, 3.8) is 0 Å². The maximum absolute atomic E-state index is 13.1. The Hall–Kier alpha value is -2.57. The van der Waals surface area contributed by atoms with Gasteiger partial charge in [0.25, 0.3) is 0 Å². The smallest absolute Gasteiger partial charge is 0.317 e. The first-order valence-electron chi connectivity index (χ1n) is 9.95. The number of anilines is 1. The molecule has 7 nitrogen and oxygen atoms in total. The number of carboxylic acids is 1. The van der Waals surface area contributed by atoms with E-state index in [0.29, 0.717) is 13.0 Å². The lowest BCUT2D eigenvalue weighted by Gasteiger charge is -2.29. The van der Waals surface area contributed by atoms with E-state index in [9.17, 15) is 14.4 Å². The molecule has 0 radical (unpaired) electrons. The first kappa shape index (κ1) is 20.2. The molecular formula is C21H29N3O4. The molecule has 1 saturated heterocycles. The number of aliphatic carboxylic acids is 1. The third kappa shape index (κ3) is 4.29. The number of rotatable bonds is 5. The van der Waals surface area contributed by atoms with E-state index in [1.165, 1.54) is 10.5 Å². The van der Waals surface area contributed by atoms with Crippen LogP contribution in [0.3, 0.4) is 0 Å². The van der Waals surface area contributed by atoms with Gasteiger partial charge in [0, 0.05) is 25.3 Å². The molecule has 7 heteroatoms. The van der Waals surface area contributed by atoms with Gasteiger partial charge in [-0.3, -0.25) is 9.59 Å². The first-order valence-corrected chi connectivity index (χ1v) is 9.95. The van der Waals surface area contributed by atoms with Gasteiger partial charge >= 0.3 is 12.0 Å². The predicted molar refractivity (Wildman–Crippen MR) is 106 cm³/mol. The number of benzene rings is 1. The summed E-state index contributed by atoms with van der Waals surface area (Å²) in [5.41, 5.74) is 2.45. The predicted octanol–water partition coefficient (Wildman–Crippen LogP) is 2.92. The third-order valence-electron chi connectivity index (χ3n) is 6.21. The highest BCUT2D eigenvalue weighted by atomic mass is 16.4. The topological polar surface area (TPSA) is 98.7 Å². The zero-order valence-electron chi connectivity index (χ0n) is 16.6. The second kappa shape index (κ2) is 8.20. The number of nitrogens with one attached hydrogen (secondary N) is 2. The van der Waals surface area contributed by atoms with Crippen molar-refractivity contribution in [3.8, 4) is 0 Å². The summed E-state index contributed by atoms with van der Waals surface area (Å²) in [6.07, 6.45) is 3.87. The van der Waals surface area contributed by atoms with Crippen molar-refractivity contribution < 1.29 is 19.5 Å². The van der Waals surface area contributed by atoms with Gasteiger partial charge in [-0.2, -0.15) is 0 Å². The van der Waals surface area contributed by atoms with E-state index in [1.54, 1.807) is 0 Å². The molecule has 1 aromatic rings. The summed E-state index contributed by atoms with van der Waals surface area (Å²) in [6.45, 7) is 4.98. The molecule has 1 aliphatic carbocycles. The summed E-state index contributed by atoms with van der Waals surface area (Å²) in [5, 5.41) is 15.0. The highest BCUT2D eigenvalue weighted by molar-refractivity contribution is 5.96. The van der Waals surface area contributed by atoms with E-state index in [-0.39, 0.29) is 25.0 Å². The van der Waals surface area contributed by atoms with Crippen LogP contribution < -0.4 is 10.6 Å². The second-order valence-electron chi connectivity index (χ2n) is 8.17. The fraction of sp³-hybridized carbons (Fsp3) is 0.571. The van der Waals surface area contributed by atoms with Crippen LogP contribution in [0, 0.1) is 25.2 Å². The van der Waals surface area contributed by atoms with Gasteiger partial charge in [-0.05, 0) is 56.4 Å². The standard InChI is InChI=1S/C21H29N3O4/c1-14-5-6-17(11-15(14)2)23-19(27)21(8-3-4-9-21)13-22-20(28)24-10-7-16(12-24)18(25)26/h5-6,11,16H,3-4,7-10,12-13H2,1-2H3,(H,22,28)(H,23,27)(H,25,26). The Bertz CT molecular complexity index is 771. The maximum Gasteiger partial charge on any atom is 0.317 e. The highest BCUT2D eigenvalue weighted by Gasteiger charge is 2.42. The van der Waals surface area contributed by atoms with Crippen molar-refractivity contribution in [2.24, 2.45) is 11.3 Å². The molecule has 3 rings (SSSR count). The normalized spacial score (nSPS) is 20.8. The molecule has 1 aliphatic heterocycles. The van der Waals surface area contributed by atoms with E-state index in [1.807, 2.05) is 32.0 Å². The SMILES string of the molecule is Cc1ccc(NC(=O)C2(CNC(=O)N3CCC(C(=O)O)C3)CCCC2)cc1C. The molecular weight excluding hydrogens is 358 g/mol. The average Bonchev–Trinajstić information content (AvgIpc) is 3.33. The lowest BCUT2D eigenvalue weighted by Crippen LogP contribution is -2.47. The van der Waals surface area contributed by atoms with E-state index in [0.717, 1.165) is 36.9 Å². The third-order valence-corrected chi connectivity index (χ3v) is 6.21. The van der Waals surface area contributed by atoms with Crippen LogP contribution in [0.4, 0.5) is 10.5 Å². The van der Waals surface area contributed by atoms with Crippen molar-refractivity contribution in [1.82, 2.24) is 10.2 Å². The number of likely N-dealkylation sites (tertiary alicyclic amines) is 1. The van der Waals surface area contributed by atoms with Crippen LogP contribution in [0.25, 0.3) is 0 Å². The number of nitrogens with zero attached hydrogens (tertiary/aromatic N) is 1. The summed E-state index contributed by atoms with van der Waals surface area (Å²) in [4.78, 5) is 38.1. The fourth-order valence-corrected chi connectivity index (χ4v) is 4.12. The highest BCUT2D eigenvalue weighted by Crippen LogP contribution is 2.39. The minimum absolute atomic E-state index is 0.0570. The summed E-state index contributed by atoms with van der Waals surface area (Å²) in [5.74, 6) is -1.42. The zero-order valence-corrected chi connectivity index (χ0v) is 16.6. The number of hydrogen-bond donors (Lipinski definition) is 3. The summed E-state index contributed by atoms with van der Waals surface area (Å²) in [7, 11) is 0. The molecule has 28 heavy (non-hydrogen) atoms. The van der Waals surface area contributed by atoms with Crippen LogP contribution in [0.2, 0.25) is 0 Å². The van der Waals surface area contributed by atoms with E-state index in [2.05, 4.69) is 10.6 Å². The summed E-state index contributed by atoms with van der Waals surface area (Å²) < 4.78 is 0. The average molecular weight is 387 g/mol. The van der Waals surface area contributed by atoms with Gasteiger partial charge in [-0.25, -0.2) is 4.79 Å². The van der Waals surface area contributed by atoms with Crippen molar-refractivity contribution in [3.05, 3.63) is 29.3 Å². The number of carbonyl (C=O) groups excluding carboxylic acids is 2. The minimum atomic E-state index is -0.865. The molecule has 1 atom stereocenters. The number of carbonyl (C=O) groups is 3. The molecule has 1 unspecified atom stereocenters. The largest absolute Gasteiger partial charge is 0.481 e. The van der Waals surface area contributed by atoms with Crippen LogP contribution in [-0.2, 0) is 9.59 Å². The van der Waals surface area contributed by atoms with Gasteiger partial charge in [0.05, 0.1) is 11.3 Å². The Morgan fingerprint density at radius 3 is 2.50 bits per heavy atom. The quantitative estimate of drug-likeness (QED) is 0.723. The van der Waals surface area contributed by atoms with Gasteiger partial charge in [-0.15, -0.1) is 0 Å². The molecule has 3 amide bonds. The van der Waals surface area contributed by atoms with Gasteiger partial charge in [0.1, 0.15) is 0 Å². The van der Waals surface area contributed by atoms with Crippen LogP contribution >= 0.6 is 0 Å².